The van der Waals surface area contributed by atoms with Crippen LogP contribution in [0.4, 0.5) is 13.2 Å². The molecule has 4 heteroatoms. The molecule has 0 aromatic carbocycles. The SMILES string of the molecule is CCC1C2CC3(CC2CC(C)(O)C(F)(F)F)C1C3(C)C. The lowest BCUT2D eigenvalue weighted by atomic mass is 9.74. The second-order valence-corrected chi connectivity index (χ2v) is 8.24. The lowest BCUT2D eigenvalue weighted by molar-refractivity contribution is -0.259. The zero-order chi connectivity index (χ0) is 15.1. The first kappa shape index (κ1) is 14.7. The standard InChI is InChI=1S/C16H25F3O/c1-5-10-11-8-15(12(10)13(15,2)3)7-9(11)6-14(4,20)16(17,18)19/h9-12,20H,5-8H2,1-4H3. The number of aliphatic hydroxyl groups is 1. The first-order valence-electron chi connectivity index (χ1n) is 7.77. The Morgan fingerprint density at radius 2 is 1.80 bits per heavy atom. The van der Waals surface area contributed by atoms with Gasteiger partial charge in [-0.15, -0.1) is 0 Å². The van der Waals surface area contributed by atoms with E-state index in [2.05, 4.69) is 20.8 Å². The van der Waals surface area contributed by atoms with Gasteiger partial charge in [-0.25, -0.2) is 0 Å². The molecule has 3 aliphatic rings. The molecule has 116 valence electrons. The van der Waals surface area contributed by atoms with Gasteiger partial charge in [0.1, 0.15) is 0 Å². The van der Waals surface area contributed by atoms with Crippen LogP contribution in [0.1, 0.15) is 53.4 Å². The van der Waals surface area contributed by atoms with Crippen LogP contribution in [-0.4, -0.2) is 16.9 Å². The highest BCUT2D eigenvalue weighted by atomic mass is 19.4. The fourth-order valence-electron chi connectivity index (χ4n) is 6.14. The van der Waals surface area contributed by atoms with Gasteiger partial charge in [-0.05, 0) is 60.7 Å². The second kappa shape index (κ2) is 3.74. The fourth-order valence-corrected chi connectivity index (χ4v) is 6.14. The van der Waals surface area contributed by atoms with E-state index in [1.54, 1.807) is 0 Å². The van der Waals surface area contributed by atoms with Gasteiger partial charge in [0.05, 0.1) is 0 Å². The van der Waals surface area contributed by atoms with Crippen molar-refractivity contribution in [3.8, 4) is 0 Å². The number of hydrogen-bond donors (Lipinski definition) is 1. The van der Waals surface area contributed by atoms with Crippen molar-refractivity contribution in [2.24, 2.45) is 34.5 Å². The van der Waals surface area contributed by atoms with Crippen LogP contribution in [0.25, 0.3) is 0 Å². The van der Waals surface area contributed by atoms with Crippen LogP contribution in [-0.2, 0) is 0 Å². The van der Waals surface area contributed by atoms with E-state index < -0.39 is 11.8 Å². The lowest BCUT2D eigenvalue weighted by Gasteiger charge is -2.35. The summed E-state index contributed by atoms with van der Waals surface area (Å²) in [6.07, 6.45) is -1.61. The summed E-state index contributed by atoms with van der Waals surface area (Å²) in [6.45, 7) is 7.65. The first-order chi connectivity index (χ1) is 8.98. The molecule has 1 spiro atoms. The molecular weight excluding hydrogens is 265 g/mol. The maximum Gasteiger partial charge on any atom is 0.416 e. The van der Waals surface area contributed by atoms with E-state index in [4.69, 9.17) is 0 Å². The minimum Gasteiger partial charge on any atom is -0.381 e. The predicted octanol–water partition coefficient (Wildman–Crippen LogP) is 4.40. The van der Waals surface area contributed by atoms with Crippen molar-refractivity contribution in [3.05, 3.63) is 0 Å². The number of rotatable bonds is 3. The Kier molecular flexibility index (Phi) is 2.74. The third-order valence-electron chi connectivity index (χ3n) is 7.12. The van der Waals surface area contributed by atoms with Crippen LogP contribution in [0.5, 0.6) is 0 Å². The molecule has 3 aliphatic carbocycles. The summed E-state index contributed by atoms with van der Waals surface area (Å²) in [5, 5.41) is 9.80. The van der Waals surface area contributed by atoms with Crippen LogP contribution in [0, 0.1) is 34.5 Å². The third kappa shape index (κ3) is 1.55. The normalized spacial score (nSPS) is 48.0. The highest BCUT2D eigenvalue weighted by Gasteiger charge is 2.81. The number of halogens is 3. The van der Waals surface area contributed by atoms with Crippen molar-refractivity contribution in [1.82, 2.24) is 0 Å². The molecule has 1 N–H and O–H groups in total. The zero-order valence-corrected chi connectivity index (χ0v) is 12.7. The number of fused-ring (bicyclic) bond motifs is 1. The van der Waals surface area contributed by atoms with Gasteiger partial charge in [0, 0.05) is 0 Å². The van der Waals surface area contributed by atoms with Gasteiger partial charge in [-0.2, -0.15) is 13.2 Å². The van der Waals surface area contributed by atoms with Crippen LogP contribution >= 0.6 is 0 Å². The van der Waals surface area contributed by atoms with Crippen molar-refractivity contribution >= 4 is 0 Å². The Labute approximate surface area is 118 Å². The Morgan fingerprint density at radius 1 is 1.20 bits per heavy atom. The van der Waals surface area contributed by atoms with E-state index in [0.717, 1.165) is 26.2 Å². The molecule has 0 radical (unpaired) electrons. The minimum absolute atomic E-state index is 0.0367. The van der Waals surface area contributed by atoms with E-state index in [-0.39, 0.29) is 17.8 Å². The lowest BCUT2D eigenvalue weighted by Crippen LogP contribution is -2.44. The van der Waals surface area contributed by atoms with Gasteiger partial charge in [-0.1, -0.05) is 27.2 Å². The van der Waals surface area contributed by atoms with E-state index in [1.807, 2.05) is 0 Å². The summed E-state index contributed by atoms with van der Waals surface area (Å²) in [6, 6.07) is 0. The van der Waals surface area contributed by atoms with Crippen molar-refractivity contribution in [2.75, 3.05) is 0 Å². The van der Waals surface area contributed by atoms with Gasteiger partial charge in [0.25, 0.3) is 0 Å². The Morgan fingerprint density at radius 3 is 2.25 bits per heavy atom. The molecule has 6 unspecified atom stereocenters. The fraction of sp³-hybridized carbons (Fsp3) is 1.00. The van der Waals surface area contributed by atoms with E-state index in [1.165, 1.54) is 0 Å². The smallest absolute Gasteiger partial charge is 0.381 e. The summed E-state index contributed by atoms with van der Waals surface area (Å²) in [5.74, 6) is 1.70. The van der Waals surface area contributed by atoms with E-state index in [0.29, 0.717) is 23.2 Å². The molecule has 0 aromatic heterocycles. The number of alkyl halides is 3. The monoisotopic (exact) mass is 290 g/mol. The van der Waals surface area contributed by atoms with Crippen molar-refractivity contribution in [1.29, 1.82) is 0 Å². The van der Waals surface area contributed by atoms with Gasteiger partial charge in [-0.3, -0.25) is 0 Å². The summed E-state index contributed by atoms with van der Waals surface area (Å²) < 4.78 is 38.7. The molecule has 6 atom stereocenters. The summed E-state index contributed by atoms with van der Waals surface area (Å²) in [5.41, 5.74) is -1.96. The topological polar surface area (TPSA) is 20.2 Å². The van der Waals surface area contributed by atoms with E-state index >= 15 is 0 Å². The second-order valence-electron chi connectivity index (χ2n) is 8.24. The maximum atomic E-state index is 12.9. The molecule has 3 rings (SSSR count). The van der Waals surface area contributed by atoms with Crippen molar-refractivity contribution < 1.29 is 18.3 Å². The molecule has 2 bridgehead atoms. The molecule has 0 aromatic rings. The Bertz CT molecular complexity index is 426. The number of hydrogen-bond acceptors (Lipinski definition) is 1. The molecule has 20 heavy (non-hydrogen) atoms. The molecular formula is C16H25F3O. The maximum absolute atomic E-state index is 12.9. The average Bonchev–Trinajstić information content (AvgIpc) is 2.67. The zero-order valence-electron chi connectivity index (χ0n) is 12.7. The molecule has 0 saturated heterocycles. The van der Waals surface area contributed by atoms with Crippen LogP contribution in [0.3, 0.4) is 0 Å². The van der Waals surface area contributed by atoms with E-state index in [9.17, 15) is 18.3 Å². The Balaban J connectivity index is 1.79. The van der Waals surface area contributed by atoms with Gasteiger partial charge >= 0.3 is 6.18 Å². The molecule has 1 nitrogen and oxygen atoms in total. The predicted molar refractivity (Wildman–Crippen MR) is 71.0 cm³/mol. The highest BCUT2D eigenvalue weighted by molar-refractivity contribution is 5.29. The van der Waals surface area contributed by atoms with Crippen LogP contribution in [0.15, 0.2) is 0 Å². The average molecular weight is 290 g/mol. The quantitative estimate of drug-likeness (QED) is 0.817. The molecule has 0 aliphatic heterocycles. The van der Waals surface area contributed by atoms with Crippen molar-refractivity contribution in [3.63, 3.8) is 0 Å². The molecule has 0 amide bonds. The summed E-state index contributed by atoms with van der Waals surface area (Å²) in [7, 11) is 0. The highest BCUT2D eigenvalue weighted by Crippen LogP contribution is 2.87. The van der Waals surface area contributed by atoms with Crippen LogP contribution in [0.2, 0.25) is 0 Å². The Hall–Kier alpha value is -0.250. The third-order valence-corrected chi connectivity index (χ3v) is 7.12. The molecule has 3 fully saturated rings. The van der Waals surface area contributed by atoms with Gasteiger partial charge in [0.2, 0.25) is 0 Å². The summed E-state index contributed by atoms with van der Waals surface area (Å²) in [4.78, 5) is 0. The molecule has 3 saturated carbocycles. The largest absolute Gasteiger partial charge is 0.416 e. The first-order valence-corrected chi connectivity index (χ1v) is 7.77. The van der Waals surface area contributed by atoms with Gasteiger partial charge < -0.3 is 5.11 Å². The van der Waals surface area contributed by atoms with Gasteiger partial charge in [0.15, 0.2) is 5.60 Å². The van der Waals surface area contributed by atoms with Crippen LogP contribution < -0.4 is 0 Å². The minimum atomic E-state index is -4.52. The summed E-state index contributed by atoms with van der Waals surface area (Å²) >= 11 is 0. The van der Waals surface area contributed by atoms with Crippen molar-refractivity contribution in [2.45, 2.75) is 65.2 Å². The molecule has 0 heterocycles.